The molecule has 1 atom stereocenters. The second-order valence-electron chi connectivity index (χ2n) is 4.48. The van der Waals surface area contributed by atoms with Gasteiger partial charge in [-0.15, -0.1) is 0 Å². The van der Waals surface area contributed by atoms with Gasteiger partial charge in [-0.05, 0) is 32.2 Å². The van der Waals surface area contributed by atoms with Crippen LogP contribution in [0.3, 0.4) is 0 Å². The molecule has 1 N–H and O–H groups in total. The van der Waals surface area contributed by atoms with Crippen LogP contribution in [0.4, 0.5) is 13.2 Å². The second kappa shape index (κ2) is 6.04. The van der Waals surface area contributed by atoms with Crippen LogP contribution in [0.1, 0.15) is 32.1 Å². The van der Waals surface area contributed by atoms with Gasteiger partial charge in [0, 0.05) is 12.5 Å². The Bertz CT molecular complexity index is 327. The van der Waals surface area contributed by atoms with Gasteiger partial charge in [-0.3, -0.25) is 0 Å². The van der Waals surface area contributed by atoms with E-state index in [2.05, 4.69) is 5.32 Å². The number of alkyl halides is 3. The number of unbranched alkanes of at least 4 members (excludes halogenated alkanes) is 1. The third kappa shape index (κ3) is 6.88. The monoisotopic (exact) mass is 273 g/mol. The van der Waals surface area contributed by atoms with Gasteiger partial charge in [0.2, 0.25) is 0 Å². The molecule has 0 bridgehead atoms. The lowest BCUT2D eigenvalue weighted by Gasteiger charge is -2.23. The first-order valence-electron chi connectivity index (χ1n) is 5.79. The minimum absolute atomic E-state index is 0.0837. The fourth-order valence-electron chi connectivity index (χ4n) is 1.94. The van der Waals surface area contributed by atoms with Crippen LogP contribution in [0.25, 0.3) is 0 Å². The zero-order valence-electron chi connectivity index (χ0n) is 9.59. The Morgan fingerprint density at radius 2 is 1.94 bits per heavy atom. The number of nitrogens with one attached hydrogen (secondary N) is 1. The second-order valence-corrected chi connectivity index (χ2v) is 6.71. The Balaban J connectivity index is 2.11. The molecule has 0 aliphatic carbocycles. The third-order valence-corrected chi connectivity index (χ3v) is 4.60. The minimum Gasteiger partial charge on any atom is -0.313 e. The predicted octanol–water partition coefficient (Wildman–Crippen LogP) is 1.89. The zero-order chi connectivity index (χ0) is 12.9. The first kappa shape index (κ1) is 14.8. The summed E-state index contributed by atoms with van der Waals surface area (Å²) in [4.78, 5) is 0. The van der Waals surface area contributed by atoms with Gasteiger partial charge in [0.25, 0.3) is 0 Å². The first-order valence-corrected chi connectivity index (χ1v) is 7.61. The van der Waals surface area contributed by atoms with Gasteiger partial charge in [-0.1, -0.05) is 0 Å². The van der Waals surface area contributed by atoms with Crippen LogP contribution < -0.4 is 5.32 Å². The molecule has 1 heterocycles. The van der Waals surface area contributed by atoms with Crippen molar-refractivity contribution in [1.29, 1.82) is 0 Å². The molecule has 0 spiro atoms. The third-order valence-electron chi connectivity index (χ3n) is 2.78. The summed E-state index contributed by atoms with van der Waals surface area (Å²) in [5.74, 6) is 0.353. The lowest BCUT2D eigenvalue weighted by Crippen LogP contribution is -2.40. The lowest BCUT2D eigenvalue weighted by atomic mass is 10.1. The molecule has 0 aromatic rings. The van der Waals surface area contributed by atoms with Gasteiger partial charge in [0.15, 0.2) is 9.84 Å². The van der Waals surface area contributed by atoms with E-state index in [9.17, 15) is 21.6 Å². The lowest BCUT2D eigenvalue weighted by molar-refractivity contribution is -0.135. The van der Waals surface area contributed by atoms with E-state index in [-0.39, 0.29) is 24.0 Å². The van der Waals surface area contributed by atoms with E-state index < -0.39 is 22.4 Å². The van der Waals surface area contributed by atoms with Gasteiger partial charge in [-0.2, -0.15) is 13.2 Å². The van der Waals surface area contributed by atoms with Crippen LogP contribution in [-0.4, -0.2) is 38.7 Å². The Morgan fingerprint density at radius 3 is 2.53 bits per heavy atom. The summed E-state index contributed by atoms with van der Waals surface area (Å²) in [6, 6.07) is -0.0837. The minimum atomic E-state index is -4.09. The number of rotatable bonds is 5. The first-order chi connectivity index (χ1) is 7.79. The van der Waals surface area contributed by atoms with Crippen molar-refractivity contribution in [3.63, 3.8) is 0 Å². The Kier molecular flexibility index (Phi) is 5.24. The number of sulfone groups is 1. The molecule has 1 aliphatic rings. The molecule has 17 heavy (non-hydrogen) atoms. The molecule has 1 unspecified atom stereocenters. The van der Waals surface area contributed by atoms with E-state index in [0.29, 0.717) is 19.4 Å². The van der Waals surface area contributed by atoms with Gasteiger partial charge in [0.1, 0.15) is 0 Å². The maximum absolute atomic E-state index is 11.8. The molecule has 0 aromatic carbocycles. The fraction of sp³-hybridized carbons (Fsp3) is 1.00. The topological polar surface area (TPSA) is 46.2 Å². The van der Waals surface area contributed by atoms with Crippen molar-refractivity contribution in [2.75, 3.05) is 18.1 Å². The molecule has 0 saturated carbocycles. The molecule has 0 aromatic heterocycles. The summed E-state index contributed by atoms with van der Waals surface area (Å²) in [6.45, 7) is 0.455. The standard InChI is InChI=1S/C10H18F3NO2S/c11-10(12,13)5-1-2-6-14-9-4-3-7-17(15,16)8-9/h9,14H,1-8H2. The van der Waals surface area contributed by atoms with E-state index in [1.165, 1.54) is 0 Å². The summed E-state index contributed by atoms with van der Waals surface area (Å²) in [5.41, 5.74) is 0. The normalized spacial score (nSPS) is 24.8. The molecule has 0 amide bonds. The van der Waals surface area contributed by atoms with E-state index in [1.807, 2.05) is 0 Å². The van der Waals surface area contributed by atoms with E-state index in [0.717, 1.165) is 6.42 Å². The molecule has 1 saturated heterocycles. The van der Waals surface area contributed by atoms with Crippen molar-refractivity contribution in [3.05, 3.63) is 0 Å². The van der Waals surface area contributed by atoms with Crippen molar-refractivity contribution in [3.8, 4) is 0 Å². The van der Waals surface area contributed by atoms with Crippen molar-refractivity contribution in [2.45, 2.75) is 44.3 Å². The van der Waals surface area contributed by atoms with Crippen LogP contribution >= 0.6 is 0 Å². The van der Waals surface area contributed by atoms with Crippen molar-refractivity contribution >= 4 is 9.84 Å². The summed E-state index contributed by atoms with van der Waals surface area (Å²) < 4.78 is 58.1. The van der Waals surface area contributed by atoms with Crippen molar-refractivity contribution < 1.29 is 21.6 Å². The highest BCUT2D eigenvalue weighted by molar-refractivity contribution is 7.91. The highest BCUT2D eigenvalue weighted by atomic mass is 32.2. The molecule has 3 nitrogen and oxygen atoms in total. The highest BCUT2D eigenvalue weighted by Crippen LogP contribution is 2.22. The fourth-order valence-corrected chi connectivity index (χ4v) is 3.61. The number of hydrogen-bond donors (Lipinski definition) is 1. The molecule has 7 heteroatoms. The Hall–Kier alpha value is -0.300. The van der Waals surface area contributed by atoms with Crippen LogP contribution in [0.5, 0.6) is 0 Å². The van der Waals surface area contributed by atoms with Crippen LogP contribution in [0.15, 0.2) is 0 Å². The van der Waals surface area contributed by atoms with Crippen LogP contribution in [-0.2, 0) is 9.84 Å². The van der Waals surface area contributed by atoms with Crippen molar-refractivity contribution in [2.24, 2.45) is 0 Å². The highest BCUT2D eigenvalue weighted by Gasteiger charge is 2.26. The van der Waals surface area contributed by atoms with E-state index >= 15 is 0 Å². The molecule has 0 radical (unpaired) electrons. The molecule has 102 valence electrons. The summed E-state index contributed by atoms with van der Waals surface area (Å²) in [7, 11) is -2.94. The van der Waals surface area contributed by atoms with E-state index in [1.54, 1.807) is 0 Å². The molecule has 1 fully saturated rings. The number of halogens is 3. The number of hydrogen-bond acceptors (Lipinski definition) is 3. The van der Waals surface area contributed by atoms with Crippen LogP contribution in [0.2, 0.25) is 0 Å². The SMILES string of the molecule is O=S1(=O)CCCC(NCCCCC(F)(F)F)C1. The maximum atomic E-state index is 11.8. The summed E-state index contributed by atoms with van der Waals surface area (Å²) in [6.07, 6.45) is -2.90. The van der Waals surface area contributed by atoms with E-state index in [4.69, 9.17) is 0 Å². The molecule has 1 aliphatic heterocycles. The predicted molar refractivity (Wildman–Crippen MR) is 59.6 cm³/mol. The quantitative estimate of drug-likeness (QED) is 0.778. The van der Waals surface area contributed by atoms with Gasteiger partial charge in [0.05, 0.1) is 11.5 Å². The Morgan fingerprint density at radius 1 is 1.24 bits per heavy atom. The molecular formula is C10H18F3NO2S. The largest absolute Gasteiger partial charge is 0.389 e. The van der Waals surface area contributed by atoms with Gasteiger partial charge in [-0.25, -0.2) is 8.42 Å². The summed E-state index contributed by atoms with van der Waals surface area (Å²) >= 11 is 0. The average Bonchev–Trinajstić information content (AvgIpc) is 2.13. The van der Waals surface area contributed by atoms with Crippen LogP contribution in [0, 0.1) is 0 Å². The average molecular weight is 273 g/mol. The van der Waals surface area contributed by atoms with Gasteiger partial charge >= 0.3 is 6.18 Å². The zero-order valence-corrected chi connectivity index (χ0v) is 10.4. The van der Waals surface area contributed by atoms with Crippen molar-refractivity contribution in [1.82, 2.24) is 5.32 Å². The maximum Gasteiger partial charge on any atom is 0.389 e. The molecule has 1 rings (SSSR count). The smallest absolute Gasteiger partial charge is 0.313 e. The molecular weight excluding hydrogens is 255 g/mol. The summed E-state index contributed by atoms with van der Waals surface area (Å²) in [5, 5.41) is 3.02. The van der Waals surface area contributed by atoms with Gasteiger partial charge < -0.3 is 5.32 Å². The Labute approximate surface area is 99.7 Å².